The topological polar surface area (TPSA) is 79.5 Å². The maximum Gasteiger partial charge on any atom is 0.319 e. The number of ether oxygens (including phenoxy) is 1. The number of para-hydroxylation sites is 1. The summed E-state index contributed by atoms with van der Waals surface area (Å²) in [5.74, 6) is 0.311. The normalized spacial score (nSPS) is 13.9. The standard InChI is InChI=1S/C13H17N3O3/c1-13(2,3)16-12(18)14-8-5-4-6-9-11(8)15-10(17)7-19-9/h4-6H,7H2,1-3H3,(H,15,17)(H2,14,16,18). The summed E-state index contributed by atoms with van der Waals surface area (Å²) in [5, 5.41) is 8.17. The molecule has 1 aromatic rings. The highest BCUT2D eigenvalue weighted by molar-refractivity contribution is 6.02. The van der Waals surface area contributed by atoms with Crippen molar-refractivity contribution in [2.75, 3.05) is 17.2 Å². The van der Waals surface area contributed by atoms with Crippen molar-refractivity contribution in [1.82, 2.24) is 5.32 Å². The largest absolute Gasteiger partial charge is 0.481 e. The molecule has 0 saturated heterocycles. The quantitative estimate of drug-likeness (QED) is 0.724. The number of rotatable bonds is 1. The molecule has 1 aliphatic heterocycles. The molecule has 102 valence electrons. The van der Waals surface area contributed by atoms with Crippen molar-refractivity contribution in [1.29, 1.82) is 0 Å². The third kappa shape index (κ3) is 3.37. The second-order valence-electron chi connectivity index (χ2n) is 5.34. The molecule has 1 aliphatic rings. The zero-order valence-corrected chi connectivity index (χ0v) is 11.2. The average Bonchev–Trinajstić information content (AvgIpc) is 2.27. The zero-order chi connectivity index (χ0) is 14.0. The highest BCUT2D eigenvalue weighted by Crippen LogP contribution is 2.34. The molecular weight excluding hydrogens is 246 g/mol. The summed E-state index contributed by atoms with van der Waals surface area (Å²) < 4.78 is 5.28. The van der Waals surface area contributed by atoms with Crippen LogP contribution in [0, 0.1) is 0 Å². The van der Waals surface area contributed by atoms with Gasteiger partial charge in [-0.3, -0.25) is 4.79 Å². The molecular formula is C13H17N3O3. The van der Waals surface area contributed by atoms with Gasteiger partial charge in [-0.1, -0.05) is 6.07 Å². The Kier molecular flexibility index (Phi) is 3.33. The van der Waals surface area contributed by atoms with Crippen LogP contribution in [0.25, 0.3) is 0 Å². The first kappa shape index (κ1) is 13.2. The summed E-state index contributed by atoms with van der Waals surface area (Å²) in [4.78, 5) is 23.1. The Balaban J connectivity index is 2.17. The molecule has 6 heteroatoms. The van der Waals surface area contributed by atoms with Gasteiger partial charge in [-0.05, 0) is 32.9 Å². The fourth-order valence-electron chi connectivity index (χ4n) is 1.70. The Hall–Kier alpha value is -2.24. The molecule has 0 unspecified atom stereocenters. The summed E-state index contributed by atoms with van der Waals surface area (Å²) in [7, 11) is 0. The van der Waals surface area contributed by atoms with Gasteiger partial charge in [-0.15, -0.1) is 0 Å². The van der Waals surface area contributed by atoms with Gasteiger partial charge in [0.25, 0.3) is 5.91 Å². The molecule has 0 bridgehead atoms. The predicted octanol–water partition coefficient (Wildman–Crippen LogP) is 1.94. The molecule has 1 aromatic carbocycles. The monoisotopic (exact) mass is 263 g/mol. The number of nitrogens with one attached hydrogen (secondary N) is 3. The van der Waals surface area contributed by atoms with E-state index in [1.165, 1.54) is 0 Å². The summed E-state index contributed by atoms with van der Waals surface area (Å²) in [6, 6.07) is 4.86. The number of fused-ring (bicyclic) bond motifs is 1. The number of carbonyl (C=O) groups is 2. The van der Waals surface area contributed by atoms with E-state index in [0.717, 1.165) is 0 Å². The minimum Gasteiger partial charge on any atom is -0.481 e. The average molecular weight is 263 g/mol. The molecule has 19 heavy (non-hydrogen) atoms. The molecule has 0 fully saturated rings. The van der Waals surface area contributed by atoms with E-state index in [1.807, 2.05) is 20.8 Å². The SMILES string of the molecule is CC(C)(C)NC(=O)Nc1cccc2c1NC(=O)CO2. The Morgan fingerprint density at radius 1 is 1.37 bits per heavy atom. The third-order valence-corrected chi connectivity index (χ3v) is 2.39. The zero-order valence-electron chi connectivity index (χ0n) is 11.2. The van der Waals surface area contributed by atoms with Gasteiger partial charge in [-0.25, -0.2) is 4.79 Å². The van der Waals surface area contributed by atoms with Crippen LogP contribution in [0.1, 0.15) is 20.8 Å². The Morgan fingerprint density at radius 3 is 2.79 bits per heavy atom. The maximum atomic E-state index is 11.8. The summed E-state index contributed by atoms with van der Waals surface area (Å²) in [6.07, 6.45) is 0. The lowest BCUT2D eigenvalue weighted by Gasteiger charge is -2.23. The summed E-state index contributed by atoms with van der Waals surface area (Å²) >= 11 is 0. The molecule has 3 amide bonds. The van der Waals surface area contributed by atoms with Crippen molar-refractivity contribution in [3.05, 3.63) is 18.2 Å². The number of benzene rings is 1. The van der Waals surface area contributed by atoms with E-state index in [4.69, 9.17) is 4.74 Å². The van der Waals surface area contributed by atoms with Crippen molar-refractivity contribution in [2.45, 2.75) is 26.3 Å². The highest BCUT2D eigenvalue weighted by Gasteiger charge is 2.21. The van der Waals surface area contributed by atoms with Crippen LogP contribution < -0.4 is 20.7 Å². The molecule has 2 rings (SSSR count). The van der Waals surface area contributed by atoms with Crippen LogP contribution in [0.5, 0.6) is 5.75 Å². The van der Waals surface area contributed by atoms with Gasteiger partial charge < -0.3 is 20.7 Å². The third-order valence-electron chi connectivity index (χ3n) is 2.39. The number of amides is 3. The van der Waals surface area contributed by atoms with Crippen LogP contribution in [0.15, 0.2) is 18.2 Å². The van der Waals surface area contributed by atoms with E-state index >= 15 is 0 Å². The molecule has 0 saturated carbocycles. The van der Waals surface area contributed by atoms with Crippen LogP contribution >= 0.6 is 0 Å². The van der Waals surface area contributed by atoms with E-state index in [-0.39, 0.29) is 24.1 Å². The van der Waals surface area contributed by atoms with Gasteiger partial charge in [0.05, 0.1) is 5.69 Å². The van der Waals surface area contributed by atoms with Crippen LogP contribution in [-0.4, -0.2) is 24.1 Å². The Bertz CT molecular complexity index is 520. The van der Waals surface area contributed by atoms with Crippen molar-refractivity contribution >= 4 is 23.3 Å². The number of hydrogen-bond donors (Lipinski definition) is 3. The second kappa shape index (κ2) is 4.79. The van der Waals surface area contributed by atoms with Crippen molar-refractivity contribution in [3.63, 3.8) is 0 Å². The number of anilines is 2. The van der Waals surface area contributed by atoms with E-state index in [1.54, 1.807) is 18.2 Å². The molecule has 0 spiro atoms. The lowest BCUT2D eigenvalue weighted by atomic mass is 10.1. The van der Waals surface area contributed by atoms with Crippen LogP contribution in [0.2, 0.25) is 0 Å². The Labute approximate surface area is 111 Å². The maximum absolute atomic E-state index is 11.8. The van der Waals surface area contributed by atoms with Gasteiger partial charge in [0, 0.05) is 5.54 Å². The fourth-order valence-corrected chi connectivity index (χ4v) is 1.70. The first-order valence-electron chi connectivity index (χ1n) is 6.00. The molecule has 0 aromatic heterocycles. The number of hydrogen-bond acceptors (Lipinski definition) is 3. The second-order valence-corrected chi connectivity index (χ2v) is 5.34. The molecule has 0 radical (unpaired) electrons. The van der Waals surface area contributed by atoms with Crippen molar-refractivity contribution < 1.29 is 14.3 Å². The summed E-state index contributed by atoms with van der Waals surface area (Å²) in [6.45, 7) is 5.65. The van der Waals surface area contributed by atoms with Crippen LogP contribution in [0.3, 0.4) is 0 Å². The van der Waals surface area contributed by atoms with Gasteiger partial charge in [0.1, 0.15) is 11.4 Å². The highest BCUT2D eigenvalue weighted by atomic mass is 16.5. The van der Waals surface area contributed by atoms with E-state index in [0.29, 0.717) is 17.1 Å². The van der Waals surface area contributed by atoms with E-state index < -0.39 is 0 Å². The lowest BCUT2D eigenvalue weighted by Crippen LogP contribution is -2.43. The van der Waals surface area contributed by atoms with Gasteiger partial charge in [-0.2, -0.15) is 0 Å². The fraction of sp³-hybridized carbons (Fsp3) is 0.385. The van der Waals surface area contributed by atoms with Crippen LogP contribution in [0.4, 0.5) is 16.2 Å². The first-order chi connectivity index (χ1) is 8.85. The summed E-state index contributed by atoms with van der Waals surface area (Å²) in [5.41, 5.74) is 0.661. The minimum absolute atomic E-state index is 0.00928. The van der Waals surface area contributed by atoms with E-state index in [2.05, 4.69) is 16.0 Å². The molecule has 6 nitrogen and oxygen atoms in total. The predicted molar refractivity (Wildman–Crippen MR) is 72.5 cm³/mol. The molecule has 1 heterocycles. The molecule has 0 aliphatic carbocycles. The van der Waals surface area contributed by atoms with Gasteiger partial charge >= 0.3 is 6.03 Å². The minimum atomic E-state index is -0.335. The van der Waals surface area contributed by atoms with Crippen molar-refractivity contribution in [3.8, 4) is 5.75 Å². The van der Waals surface area contributed by atoms with Crippen LogP contribution in [-0.2, 0) is 4.79 Å². The lowest BCUT2D eigenvalue weighted by molar-refractivity contribution is -0.118. The molecule has 3 N–H and O–H groups in total. The number of urea groups is 1. The van der Waals surface area contributed by atoms with Crippen molar-refractivity contribution in [2.24, 2.45) is 0 Å². The van der Waals surface area contributed by atoms with Gasteiger partial charge in [0.15, 0.2) is 6.61 Å². The van der Waals surface area contributed by atoms with E-state index in [9.17, 15) is 9.59 Å². The molecule has 0 atom stereocenters. The Morgan fingerprint density at radius 2 is 2.11 bits per heavy atom. The first-order valence-corrected chi connectivity index (χ1v) is 6.00. The smallest absolute Gasteiger partial charge is 0.319 e. The number of carbonyl (C=O) groups excluding carboxylic acids is 2. The van der Waals surface area contributed by atoms with Gasteiger partial charge in [0.2, 0.25) is 0 Å².